The van der Waals surface area contributed by atoms with E-state index >= 15 is 0 Å². The zero-order valence-corrected chi connectivity index (χ0v) is 18.1. The Hall–Kier alpha value is -2.75. The second kappa shape index (κ2) is 8.55. The summed E-state index contributed by atoms with van der Waals surface area (Å²) in [5.74, 6) is 2.12. The summed E-state index contributed by atoms with van der Waals surface area (Å²) in [5, 5.41) is 0. The van der Waals surface area contributed by atoms with Crippen LogP contribution in [0.15, 0.2) is 29.3 Å². The Balaban J connectivity index is 1.61. The molecule has 0 radical (unpaired) electrons. The Labute approximate surface area is 177 Å². The van der Waals surface area contributed by atoms with E-state index in [1.54, 1.807) is 11.0 Å². The standard InChI is InChI=1S/C20H27N5O4S/c1-24(2)19-16(14-21-20(22-19)25-9-4-3-5-10-25)23-30(26,27)15-7-8-17-18(13-15)29-12-6-11-28-17/h7-8,13-14,23H,3-6,9-12H2,1-2H3. The molecular formula is C20H27N5O4S. The van der Waals surface area contributed by atoms with E-state index in [0.29, 0.717) is 42.2 Å². The normalized spacial score (nSPS) is 16.7. The first-order chi connectivity index (χ1) is 14.4. The maximum Gasteiger partial charge on any atom is 0.262 e. The minimum atomic E-state index is -3.86. The van der Waals surface area contributed by atoms with Crippen LogP contribution in [0.25, 0.3) is 0 Å². The molecule has 2 aliphatic heterocycles. The number of aromatic nitrogens is 2. The van der Waals surface area contributed by atoms with Crippen molar-refractivity contribution in [3.05, 3.63) is 24.4 Å². The third-order valence-electron chi connectivity index (χ3n) is 5.09. The van der Waals surface area contributed by atoms with E-state index in [0.717, 1.165) is 32.4 Å². The van der Waals surface area contributed by atoms with Crippen LogP contribution in [-0.4, -0.2) is 58.8 Å². The van der Waals surface area contributed by atoms with Crippen molar-refractivity contribution < 1.29 is 17.9 Å². The molecule has 0 amide bonds. The molecule has 0 spiro atoms. The Bertz CT molecular complexity index is 1010. The zero-order chi connectivity index (χ0) is 21.1. The topological polar surface area (TPSA) is 96.9 Å². The van der Waals surface area contributed by atoms with E-state index in [9.17, 15) is 8.42 Å². The van der Waals surface area contributed by atoms with Gasteiger partial charge in [0.25, 0.3) is 10.0 Å². The van der Waals surface area contributed by atoms with E-state index in [-0.39, 0.29) is 4.90 Å². The molecule has 1 fully saturated rings. The Kier molecular flexibility index (Phi) is 5.85. The molecule has 0 bridgehead atoms. The summed E-state index contributed by atoms with van der Waals surface area (Å²) in [4.78, 5) is 13.1. The monoisotopic (exact) mass is 433 g/mol. The van der Waals surface area contributed by atoms with Gasteiger partial charge in [0.05, 0.1) is 24.3 Å². The van der Waals surface area contributed by atoms with Crippen molar-refractivity contribution in [2.45, 2.75) is 30.6 Å². The Morgan fingerprint density at radius 1 is 1.03 bits per heavy atom. The highest BCUT2D eigenvalue weighted by atomic mass is 32.2. The molecule has 1 aromatic carbocycles. The molecule has 0 aliphatic carbocycles. The molecule has 4 rings (SSSR count). The number of hydrogen-bond acceptors (Lipinski definition) is 8. The molecule has 1 N–H and O–H groups in total. The number of benzene rings is 1. The second-order valence-electron chi connectivity index (χ2n) is 7.61. The lowest BCUT2D eigenvalue weighted by Gasteiger charge is -2.28. The summed E-state index contributed by atoms with van der Waals surface area (Å²) in [6.45, 7) is 2.86. The van der Waals surface area contributed by atoms with Crippen molar-refractivity contribution >= 4 is 27.5 Å². The summed E-state index contributed by atoms with van der Waals surface area (Å²) in [5.41, 5.74) is 0.327. The van der Waals surface area contributed by atoms with E-state index < -0.39 is 10.0 Å². The van der Waals surface area contributed by atoms with Gasteiger partial charge in [-0.25, -0.2) is 13.4 Å². The highest BCUT2D eigenvalue weighted by Gasteiger charge is 2.23. The van der Waals surface area contributed by atoms with Crippen molar-refractivity contribution in [2.75, 3.05) is 54.9 Å². The van der Waals surface area contributed by atoms with Gasteiger partial charge < -0.3 is 19.3 Å². The van der Waals surface area contributed by atoms with Crippen LogP contribution >= 0.6 is 0 Å². The van der Waals surface area contributed by atoms with Crippen LogP contribution in [0.5, 0.6) is 11.5 Å². The predicted molar refractivity (Wildman–Crippen MR) is 115 cm³/mol. The molecule has 1 aromatic heterocycles. The molecular weight excluding hydrogens is 406 g/mol. The number of fused-ring (bicyclic) bond motifs is 1. The van der Waals surface area contributed by atoms with Gasteiger partial charge in [0.1, 0.15) is 5.69 Å². The highest BCUT2D eigenvalue weighted by molar-refractivity contribution is 7.92. The lowest BCUT2D eigenvalue weighted by molar-refractivity contribution is 0.297. The van der Waals surface area contributed by atoms with Crippen molar-refractivity contribution in [2.24, 2.45) is 0 Å². The minimum Gasteiger partial charge on any atom is -0.490 e. The largest absolute Gasteiger partial charge is 0.490 e. The van der Waals surface area contributed by atoms with Crippen LogP contribution < -0.4 is 24.0 Å². The van der Waals surface area contributed by atoms with Crippen molar-refractivity contribution in [3.63, 3.8) is 0 Å². The molecule has 10 heteroatoms. The van der Waals surface area contributed by atoms with Gasteiger partial charge in [0.2, 0.25) is 5.95 Å². The van der Waals surface area contributed by atoms with Crippen molar-refractivity contribution in [3.8, 4) is 11.5 Å². The van der Waals surface area contributed by atoms with Crippen LogP contribution in [-0.2, 0) is 10.0 Å². The zero-order valence-electron chi connectivity index (χ0n) is 17.3. The average molecular weight is 434 g/mol. The first kappa shape index (κ1) is 20.5. The number of hydrogen-bond donors (Lipinski definition) is 1. The smallest absolute Gasteiger partial charge is 0.262 e. The summed E-state index contributed by atoms with van der Waals surface area (Å²) in [6.07, 6.45) is 5.72. The molecule has 0 atom stereocenters. The van der Waals surface area contributed by atoms with E-state index in [4.69, 9.17) is 9.47 Å². The molecule has 1 saturated heterocycles. The van der Waals surface area contributed by atoms with Crippen LogP contribution in [0, 0.1) is 0 Å². The number of anilines is 3. The molecule has 162 valence electrons. The van der Waals surface area contributed by atoms with Crippen LogP contribution in [0.2, 0.25) is 0 Å². The fourth-order valence-electron chi connectivity index (χ4n) is 3.54. The number of nitrogens with one attached hydrogen (secondary N) is 1. The average Bonchev–Trinajstić information content (AvgIpc) is 2.99. The maximum atomic E-state index is 13.0. The molecule has 3 heterocycles. The van der Waals surface area contributed by atoms with E-state index in [1.807, 2.05) is 14.1 Å². The number of piperidine rings is 1. The minimum absolute atomic E-state index is 0.0940. The van der Waals surface area contributed by atoms with Gasteiger partial charge >= 0.3 is 0 Å². The van der Waals surface area contributed by atoms with Gasteiger partial charge in [-0.1, -0.05) is 0 Å². The van der Waals surface area contributed by atoms with E-state index in [1.165, 1.54) is 24.8 Å². The SMILES string of the molecule is CN(C)c1nc(N2CCCCC2)ncc1NS(=O)(=O)c1ccc2c(c1)OCCCO2. The Morgan fingerprint density at radius 3 is 2.50 bits per heavy atom. The molecule has 0 unspecified atom stereocenters. The molecule has 2 aromatic rings. The third-order valence-corrected chi connectivity index (χ3v) is 6.46. The molecule has 0 saturated carbocycles. The van der Waals surface area contributed by atoms with Gasteiger partial charge in [-0.3, -0.25) is 4.72 Å². The first-order valence-corrected chi connectivity index (χ1v) is 11.6. The lowest BCUT2D eigenvalue weighted by Crippen LogP contribution is -2.31. The summed E-state index contributed by atoms with van der Waals surface area (Å²) in [7, 11) is -0.204. The van der Waals surface area contributed by atoms with Gasteiger partial charge in [-0.15, -0.1) is 0 Å². The fourth-order valence-corrected chi connectivity index (χ4v) is 4.60. The fraction of sp³-hybridized carbons (Fsp3) is 0.500. The van der Waals surface area contributed by atoms with Crippen LogP contribution in [0.3, 0.4) is 0 Å². The number of rotatable bonds is 5. The van der Waals surface area contributed by atoms with Crippen LogP contribution in [0.4, 0.5) is 17.5 Å². The molecule has 30 heavy (non-hydrogen) atoms. The lowest BCUT2D eigenvalue weighted by atomic mass is 10.1. The number of nitrogens with zero attached hydrogens (tertiary/aromatic N) is 4. The third kappa shape index (κ3) is 4.38. The van der Waals surface area contributed by atoms with Gasteiger partial charge in [0, 0.05) is 39.7 Å². The molecule has 2 aliphatic rings. The Morgan fingerprint density at radius 2 is 1.77 bits per heavy atom. The maximum absolute atomic E-state index is 13.0. The summed E-state index contributed by atoms with van der Waals surface area (Å²) in [6, 6.07) is 4.62. The highest BCUT2D eigenvalue weighted by Crippen LogP contribution is 2.33. The first-order valence-electron chi connectivity index (χ1n) is 10.2. The van der Waals surface area contributed by atoms with Gasteiger partial charge in [0.15, 0.2) is 17.3 Å². The van der Waals surface area contributed by atoms with Crippen molar-refractivity contribution in [1.82, 2.24) is 9.97 Å². The number of sulfonamides is 1. The summed E-state index contributed by atoms with van der Waals surface area (Å²) >= 11 is 0. The molecule has 9 nitrogen and oxygen atoms in total. The number of ether oxygens (including phenoxy) is 2. The quantitative estimate of drug-likeness (QED) is 0.768. The second-order valence-corrected chi connectivity index (χ2v) is 9.30. The predicted octanol–water partition coefficient (Wildman–Crippen LogP) is 2.50. The van der Waals surface area contributed by atoms with Crippen LogP contribution in [0.1, 0.15) is 25.7 Å². The van der Waals surface area contributed by atoms with Gasteiger partial charge in [-0.05, 0) is 31.4 Å². The summed E-state index contributed by atoms with van der Waals surface area (Å²) < 4.78 is 39.9. The van der Waals surface area contributed by atoms with Gasteiger partial charge in [-0.2, -0.15) is 4.98 Å². The van der Waals surface area contributed by atoms with E-state index in [2.05, 4.69) is 19.6 Å². The van der Waals surface area contributed by atoms with Crippen molar-refractivity contribution in [1.29, 1.82) is 0 Å².